The largest absolute Gasteiger partial charge is 0.368 e. The van der Waals surface area contributed by atoms with Gasteiger partial charge in [0.2, 0.25) is 0 Å². The van der Waals surface area contributed by atoms with Crippen molar-refractivity contribution in [2.24, 2.45) is 0 Å². The number of ether oxygens (including phenoxy) is 10. The molecule has 2 aliphatic heterocycles. The van der Waals surface area contributed by atoms with Gasteiger partial charge in [0.05, 0.1) is 52.9 Å². The van der Waals surface area contributed by atoms with Crippen LogP contribution in [-0.4, -0.2) is 75.6 Å². The summed E-state index contributed by atoms with van der Waals surface area (Å²) in [4.78, 5) is 0. The van der Waals surface area contributed by atoms with Crippen molar-refractivity contribution >= 4 is 0 Å². The fourth-order valence-corrected chi connectivity index (χ4v) is 7.98. The van der Waals surface area contributed by atoms with Crippen molar-refractivity contribution in [3.05, 3.63) is 215 Å². The van der Waals surface area contributed by atoms with Crippen LogP contribution in [0.2, 0.25) is 0 Å². The second-order valence-corrected chi connectivity index (χ2v) is 16.0. The van der Waals surface area contributed by atoms with Gasteiger partial charge in [-0.25, -0.2) is 0 Å². The van der Waals surface area contributed by atoms with E-state index < -0.39 is 55.3 Å². The molecule has 64 heavy (non-hydrogen) atoms. The van der Waals surface area contributed by atoms with Crippen LogP contribution in [0.15, 0.2) is 182 Å². The monoisotopic (exact) mass is 866 g/mol. The van der Waals surface area contributed by atoms with Crippen molar-refractivity contribution < 1.29 is 47.4 Å². The van der Waals surface area contributed by atoms with Crippen LogP contribution in [0, 0.1) is 0 Å². The van der Waals surface area contributed by atoms with Gasteiger partial charge in [0.1, 0.15) is 42.7 Å². The topological polar surface area (TPSA) is 92.3 Å². The molecule has 0 saturated carbocycles. The van der Waals surface area contributed by atoms with Crippen molar-refractivity contribution in [2.75, 3.05) is 20.3 Å². The summed E-state index contributed by atoms with van der Waals surface area (Å²) in [6.45, 7) is 2.22. The SMILES string of the molecule is CO[C@H]1OC(CO[C@H]2OC[C@@H](OCc3ccccc3)C(OCc3ccccc3)C2OCc2ccccc2)[C@@H](OCc2ccccc2)C(OCc2ccccc2)C1OCc1ccccc1. The molecule has 0 radical (unpaired) electrons. The van der Waals surface area contributed by atoms with E-state index in [4.69, 9.17) is 47.4 Å². The number of hydrogen-bond acceptors (Lipinski definition) is 10. The van der Waals surface area contributed by atoms with Crippen LogP contribution < -0.4 is 0 Å². The van der Waals surface area contributed by atoms with Crippen molar-refractivity contribution in [1.29, 1.82) is 0 Å². The number of methoxy groups -OCH3 is 1. The summed E-state index contributed by atoms with van der Waals surface area (Å²) in [6, 6.07) is 60.3. The molecule has 10 heteroatoms. The molecule has 0 aromatic heterocycles. The van der Waals surface area contributed by atoms with Gasteiger partial charge in [0.15, 0.2) is 12.6 Å². The highest BCUT2D eigenvalue weighted by atomic mass is 16.7. The van der Waals surface area contributed by atoms with Gasteiger partial charge in [-0.3, -0.25) is 0 Å². The molecule has 5 unspecified atom stereocenters. The fraction of sp³-hybridized carbons (Fsp3) is 0.333. The molecule has 0 amide bonds. The van der Waals surface area contributed by atoms with E-state index >= 15 is 0 Å². The molecule has 6 aromatic carbocycles. The molecule has 0 spiro atoms. The van der Waals surface area contributed by atoms with E-state index in [0.717, 1.165) is 33.4 Å². The first-order valence-electron chi connectivity index (χ1n) is 22.0. The molecule has 0 bridgehead atoms. The highest BCUT2D eigenvalue weighted by molar-refractivity contribution is 5.18. The van der Waals surface area contributed by atoms with E-state index in [1.54, 1.807) is 7.11 Å². The summed E-state index contributed by atoms with van der Waals surface area (Å²) < 4.78 is 66.7. The quantitative estimate of drug-likeness (QED) is 0.0658. The Morgan fingerprint density at radius 3 is 1.08 bits per heavy atom. The maximum atomic E-state index is 6.85. The Bertz CT molecular complexity index is 2170. The zero-order chi connectivity index (χ0) is 43.6. The lowest BCUT2D eigenvalue weighted by atomic mass is 9.97. The van der Waals surface area contributed by atoms with Crippen LogP contribution in [0.25, 0.3) is 0 Å². The summed E-state index contributed by atoms with van der Waals surface area (Å²) in [5, 5.41) is 0. The second-order valence-electron chi connectivity index (χ2n) is 16.0. The first-order valence-corrected chi connectivity index (χ1v) is 22.0. The van der Waals surface area contributed by atoms with Gasteiger partial charge in [-0.1, -0.05) is 182 Å². The molecular formula is C54H58O10. The molecular weight excluding hydrogens is 809 g/mol. The summed E-state index contributed by atoms with van der Waals surface area (Å²) >= 11 is 0. The van der Waals surface area contributed by atoms with Crippen LogP contribution in [0.3, 0.4) is 0 Å². The van der Waals surface area contributed by atoms with E-state index in [9.17, 15) is 0 Å². The number of rotatable bonds is 22. The molecule has 10 nitrogen and oxygen atoms in total. The lowest BCUT2D eigenvalue weighted by Crippen LogP contribution is -2.62. The van der Waals surface area contributed by atoms with Crippen molar-refractivity contribution in [2.45, 2.75) is 94.9 Å². The third-order valence-corrected chi connectivity index (χ3v) is 11.4. The summed E-state index contributed by atoms with van der Waals surface area (Å²) in [5.41, 5.74) is 6.10. The average molecular weight is 867 g/mol. The molecule has 0 aliphatic carbocycles. The van der Waals surface area contributed by atoms with Gasteiger partial charge in [0, 0.05) is 7.11 Å². The second kappa shape index (κ2) is 24.3. The van der Waals surface area contributed by atoms with Gasteiger partial charge in [-0.05, 0) is 33.4 Å². The molecule has 6 aromatic rings. The van der Waals surface area contributed by atoms with Gasteiger partial charge in [-0.15, -0.1) is 0 Å². The highest BCUT2D eigenvalue weighted by Crippen LogP contribution is 2.33. The Hall–Kier alpha value is -5.08. The highest BCUT2D eigenvalue weighted by Gasteiger charge is 2.50. The minimum absolute atomic E-state index is 0.0483. The Kier molecular flexibility index (Phi) is 17.3. The lowest BCUT2D eigenvalue weighted by Gasteiger charge is -2.46. The Balaban J connectivity index is 1.07. The summed E-state index contributed by atoms with van der Waals surface area (Å²) in [7, 11) is 1.61. The Labute approximate surface area is 376 Å². The zero-order valence-electron chi connectivity index (χ0n) is 36.3. The van der Waals surface area contributed by atoms with Gasteiger partial charge in [0.25, 0.3) is 0 Å². The standard InChI is InChI=1S/C54H58O10/c1-55-53-52(61-37-45-30-18-7-19-31-45)50(59-35-43-26-14-5-15-27-43)49(58-34-42-24-12-4-13-25-42)47(64-53)39-63-54-51(60-36-44-28-16-6-17-29-44)48(57-33-41-22-10-3-11-23-41)46(38-62-54)56-32-40-20-8-2-9-21-40/h2-31,46-54H,32-39H2,1H3/t46-,47?,48?,49-,50?,51?,52?,53+,54-/m1/s1. The van der Waals surface area contributed by atoms with E-state index in [1.807, 2.05) is 182 Å². The maximum Gasteiger partial charge on any atom is 0.186 e. The molecule has 9 atom stereocenters. The maximum absolute atomic E-state index is 6.85. The summed E-state index contributed by atoms with van der Waals surface area (Å²) in [5.74, 6) is 0. The zero-order valence-corrected chi connectivity index (χ0v) is 36.3. The van der Waals surface area contributed by atoms with Gasteiger partial charge >= 0.3 is 0 Å². The predicted molar refractivity (Wildman–Crippen MR) is 241 cm³/mol. The normalized spacial score (nSPS) is 24.6. The molecule has 334 valence electrons. The van der Waals surface area contributed by atoms with E-state index in [2.05, 4.69) is 0 Å². The molecule has 8 rings (SSSR count). The van der Waals surface area contributed by atoms with E-state index in [0.29, 0.717) is 39.6 Å². The fourth-order valence-electron chi connectivity index (χ4n) is 7.98. The van der Waals surface area contributed by atoms with Crippen LogP contribution in [0.5, 0.6) is 0 Å². The van der Waals surface area contributed by atoms with Crippen LogP contribution in [0.1, 0.15) is 33.4 Å². The van der Waals surface area contributed by atoms with Crippen LogP contribution in [-0.2, 0) is 87.0 Å². The minimum Gasteiger partial charge on any atom is -0.368 e. The summed E-state index contributed by atoms with van der Waals surface area (Å²) in [6.07, 6.45) is -6.03. The average Bonchev–Trinajstić information content (AvgIpc) is 3.36. The van der Waals surface area contributed by atoms with Crippen molar-refractivity contribution in [3.63, 3.8) is 0 Å². The van der Waals surface area contributed by atoms with Gasteiger partial charge < -0.3 is 47.4 Å². The number of hydrogen-bond donors (Lipinski definition) is 0. The van der Waals surface area contributed by atoms with Crippen molar-refractivity contribution in [1.82, 2.24) is 0 Å². The van der Waals surface area contributed by atoms with Gasteiger partial charge in [-0.2, -0.15) is 0 Å². The Morgan fingerprint density at radius 1 is 0.359 bits per heavy atom. The first kappa shape index (κ1) is 45.5. The minimum atomic E-state index is -0.865. The smallest absolute Gasteiger partial charge is 0.186 e. The third kappa shape index (κ3) is 13.0. The van der Waals surface area contributed by atoms with E-state index in [1.165, 1.54) is 0 Å². The molecule has 2 aliphatic rings. The van der Waals surface area contributed by atoms with Crippen LogP contribution in [0.4, 0.5) is 0 Å². The lowest BCUT2D eigenvalue weighted by molar-refractivity contribution is -0.340. The first-order chi connectivity index (χ1) is 31.7. The molecule has 0 N–H and O–H groups in total. The third-order valence-electron chi connectivity index (χ3n) is 11.4. The molecule has 2 fully saturated rings. The molecule has 2 saturated heterocycles. The Morgan fingerprint density at radius 2 is 0.688 bits per heavy atom. The van der Waals surface area contributed by atoms with Crippen LogP contribution >= 0.6 is 0 Å². The predicted octanol–water partition coefficient (Wildman–Crippen LogP) is 9.24. The molecule has 2 heterocycles. The number of benzene rings is 6. The van der Waals surface area contributed by atoms with Crippen molar-refractivity contribution in [3.8, 4) is 0 Å². The van der Waals surface area contributed by atoms with E-state index in [-0.39, 0.29) is 13.2 Å².